The molecule has 12 heteroatoms. The Morgan fingerprint density at radius 2 is 1.86 bits per heavy atom. The first kappa shape index (κ1) is 29.0. The van der Waals surface area contributed by atoms with Gasteiger partial charge in [-0.05, 0) is 53.0 Å². The maximum absolute atomic E-state index is 10.9. The van der Waals surface area contributed by atoms with E-state index in [1.165, 1.54) is 0 Å². The van der Waals surface area contributed by atoms with Crippen molar-refractivity contribution < 1.29 is 18.1 Å². The average molecular weight is 505 g/mol. The summed E-state index contributed by atoms with van der Waals surface area (Å²) in [4.78, 5) is 6.03. The number of aromatic nitrogens is 1. The molecule has 0 saturated heterocycles. The standard InChI is InChI=1S/C17H21BrN4O4S.2Na.2H/c1-2-8-22(9-3-10-27(24,25)26)14-5-6-15(16(23)11-14)20-21-17-7-4-13(18)12-19-17;;;;/h4-7,11-12,23H,2-3,8-10H2,1H3,(H,24,25,26);;;;/b21-20+;;;;. The predicted octanol–water partition coefficient (Wildman–Crippen LogP) is 3.16. The average Bonchev–Trinajstić information content (AvgIpc) is 2.60. The third-order valence-corrected chi connectivity index (χ3v) is 4.89. The van der Waals surface area contributed by atoms with Crippen molar-refractivity contribution >= 4 is 102 Å². The van der Waals surface area contributed by atoms with Gasteiger partial charge in [0.2, 0.25) is 0 Å². The molecular weight excluding hydrogens is 482 g/mol. The van der Waals surface area contributed by atoms with Crippen LogP contribution in [0.5, 0.6) is 5.75 Å². The molecule has 29 heavy (non-hydrogen) atoms. The first-order chi connectivity index (χ1) is 12.8. The van der Waals surface area contributed by atoms with Gasteiger partial charge in [-0.2, -0.15) is 8.42 Å². The summed E-state index contributed by atoms with van der Waals surface area (Å²) in [5.74, 6) is 0.0785. The number of hydrogen-bond acceptors (Lipinski definition) is 7. The van der Waals surface area contributed by atoms with E-state index >= 15 is 0 Å². The second-order valence-electron chi connectivity index (χ2n) is 5.83. The topological polar surface area (TPSA) is 115 Å². The number of benzene rings is 1. The van der Waals surface area contributed by atoms with Crippen molar-refractivity contribution in [1.82, 2.24) is 4.98 Å². The monoisotopic (exact) mass is 504 g/mol. The molecule has 0 atom stereocenters. The normalized spacial score (nSPS) is 11.0. The van der Waals surface area contributed by atoms with Gasteiger partial charge in [-0.25, -0.2) is 4.98 Å². The van der Waals surface area contributed by atoms with Gasteiger partial charge >= 0.3 is 59.1 Å². The first-order valence-corrected chi connectivity index (χ1v) is 10.7. The molecule has 0 aliphatic rings. The van der Waals surface area contributed by atoms with E-state index < -0.39 is 10.1 Å². The van der Waals surface area contributed by atoms with Crippen LogP contribution in [0.15, 0.2) is 51.2 Å². The van der Waals surface area contributed by atoms with Gasteiger partial charge in [0, 0.05) is 35.5 Å². The van der Waals surface area contributed by atoms with E-state index in [2.05, 4.69) is 31.1 Å². The zero-order chi connectivity index (χ0) is 19.9. The van der Waals surface area contributed by atoms with Gasteiger partial charge in [-0.1, -0.05) is 6.92 Å². The number of phenolic OH excluding ortho intramolecular Hbond substituents is 1. The van der Waals surface area contributed by atoms with Gasteiger partial charge in [0.05, 0.1) is 5.75 Å². The van der Waals surface area contributed by atoms with Crippen molar-refractivity contribution in [3.05, 3.63) is 41.0 Å². The van der Waals surface area contributed by atoms with Crippen LogP contribution >= 0.6 is 15.9 Å². The van der Waals surface area contributed by atoms with Crippen molar-refractivity contribution in [1.29, 1.82) is 0 Å². The molecule has 0 amide bonds. The zero-order valence-electron chi connectivity index (χ0n) is 14.8. The molecule has 150 valence electrons. The Kier molecular flexibility index (Phi) is 14.1. The summed E-state index contributed by atoms with van der Waals surface area (Å²) in [5.41, 5.74) is 1.04. The molecule has 0 aliphatic heterocycles. The molecule has 2 rings (SSSR count). The molecule has 2 aromatic rings. The maximum atomic E-state index is 10.9. The van der Waals surface area contributed by atoms with E-state index in [1.807, 2.05) is 11.8 Å². The number of azo groups is 1. The Bertz CT molecular complexity index is 899. The fraction of sp³-hybridized carbons (Fsp3) is 0.353. The van der Waals surface area contributed by atoms with Crippen LogP contribution in [0.1, 0.15) is 19.8 Å². The molecule has 0 unspecified atom stereocenters. The second kappa shape index (κ2) is 14.1. The third-order valence-electron chi connectivity index (χ3n) is 3.62. The van der Waals surface area contributed by atoms with Crippen LogP contribution in [0.4, 0.5) is 17.2 Å². The van der Waals surface area contributed by atoms with Gasteiger partial charge in [0.15, 0.2) is 5.82 Å². The van der Waals surface area contributed by atoms with Crippen LogP contribution in [0, 0.1) is 0 Å². The molecule has 1 heterocycles. The third kappa shape index (κ3) is 10.7. The Hall–Kier alpha value is -0.0400. The number of aromatic hydroxyl groups is 1. The summed E-state index contributed by atoms with van der Waals surface area (Å²) >= 11 is 3.29. The molecule has 0 saturated carbocycles. The molecule has 0 aliphatic carbocycles. The van der Waals surface area contributed by atoms with E-state index in [0.717, 1.165) is 16.6 Å². The molecule has 0 spiro atoms. The number of phenols is 1. The van der Waals surface area contributed by atoms with Gasteiger partial charge in [0.25, 0.3) is 10.1 Å². The summed E-state index contributed by atoms with van der Waals surface area (Å²) in [6.07, 6.45) is 2.74. The van der Waals surface area contributed by atoms with Crippen molar-refractivity contribution in [2.75, 3.05) is 23.7 Å². The Morgan fingerprint density at radius 1 is 1.14 bits per heavy atom. The Labute approximate surface area is 223 Å². The number of rotatable bonds is 9. The van der Waals surface area contributed by atoms with Crippen LogP contribution < -0.4 is 4.90 Å². The van der Waals surface area contributed by atoms with E-state index in [4.69, 9.17) is 4.55 Å². The summed E-state index contributed by atoms with van der Waals surface area (Å²) in [6.45, 7) is 3.13. The van der Waals surface area contributed by atoms with E-state index in [9.17, 15) is 13.5 Å². The zero-order valence-corrected chi connectivity index (χ0v) is 17.2. The Morgan fingerprint density at radius 3 is 2.41 bits per heavy atom. The minimum atomic E-state index is -3.98. The van der Waals surface area contributed by atoms with Crippen molar-refractivity contribution in [2.24, 2.45) is 10.2 Å². The number of pyridine rings is 1. The number of hydrogen-bond donors (Lipinski definition) is 2. The molecule has 0 fully saturated rings. The van der Waals surface area contributed by atoms with Crippen molar-refractivity contribution in [3.63, 3.8) is 0 Å². The van der Waals surface area contributed by atoms with Crippen LogP contribution in [0.2, 0.25) is 0 Å². The fourth-order valence-corrected chi connectivity index (χ4v) is 3.13. The van der Waals surface area contributed by atoms with Crippen LogP contribution in [0.3, 0.4) is 0 Å². The van der Waals surface area contributed by atoms with E-state index in [-0.39, 0.29) is 77.0 Å². The molecular formula is C17H23BrN4Na2O4S. The molecule has 2 N–H and O–H groups in total. The van der Waals surface area contributed by atoms with Crippen LogP contribution in [-0.2, 0) is 10.1 Å². The molecule has 8 nitrogen and oxygen atoms in total. The quantitative estimate of drug-likeness (QED) is 0.308. The summed E-state index contributed by atoms with van der Waals surface area (Å²) in [5, 5.41) is 18.2. The summed E-state index contributed by atoms with van der Waals surface area (Å²) in [6, 6.07) is 8.47. The summed E-state index contributed by atoms with van der Waals surface area (Å²) < 4.78 is 31.5. The number of halogens is 1. The van der Waals surface area contributed by atoms with E-state index in [1.54, 1.807) is 36.5 Å². The predicted molar refractivity (Wildman–Crippen MR) is 122 cm³/mol. The molecule has 1 aromatic heterocycles. The van der Waals surface area contributed by atoms with Gasteiger partial charge in [0.1, 0.15) is 11.4 Å². The van der Waals surface area contributed by atoms with Crippen LogP contribution in [-0.4, -0.2) is 101 Å². The molecule has 1 aromatic carbocycles. The molecule has 0 radical (unpaired) electrons. The van der Waals surface area contributed by atoms with Gasteiger partial charge in [-0.15, -0.1) is 10.2 Å². The number of nitrogens with zero attached hydrogens (tertiary/aromatic N) is 4. The Balaban J connectivity index is 0.00000392. The van der Waals surface area contributed by atoms with Crippen molar-refractivity contribution in [3.8, 4) is 5.75 Å². The van der Waals surface area contributed by atoms with Crippen molar-refractivity contribution in [2.45, 2.75) is 19.8 Å². The minimum absolute atomic E-state index is 0. The van der Waals surface area contributed by atoms with Gasteiger partial charge < -0.3 is 10.0 Å². The second-order valence-corrected chi connectivity index (χ2v) is 8.32. The molecule has 0 bridgehead atoms. The first-order valence-electron chi connectivity index (χ1n) is 8.35. The van der Waals surface area contributed by atoms with Gasteiger partial charge in [-0.3, -0.25) is 4.55 Å². The van der Waals surface area contributed by atoms with Crippen LogP contribution in [0.25, 0.3) is 0 Å². The summed E-state index contributed by atoms with van der Waals surface area (Å²) in [7, 11) is -3.98. The number of anilines is 1. The SMILES string of the molecule is CCCN(CCCS(=O)(=O)O)c1ccc(/N=N/c2ccc(Br)cn2)c(O)c1.[NaH].[NaH]. The fourth-order valence-electron chi connectivity index (χ4n) is 2.40. The van der Waals surface area contributed by atoms with E-state index in [0.29, 0.717) is 24.6 Å².